The van der Waals surface area contributed by atoms with Gasteiger partial charge in [0.05, 0.1) is 15.9 Å². The van der Waals surface area contributed by atoms with Gasteiger partial charge in [0.2, 0.25) is 10.0 Å². The fraction of sp³-hybridized carbons (Fsp3) is 0.222. The molecular formula is C18H18N4O4S. The molecule has 1 amide bonds. The van der Waals surface area contributed by atoms with E-state index in [4.69, 9.17) is 0 Å². The van der Waals surface area contributed by atoms with Crippen LogP contribution in [0, 0.1) is 6.92 Å². The molecule has 8 nitrogen and oxygen atoms in total. The van der Waals surface area contributed by atoms with Crippen molar-refractivity contribution in [2.75, 3.05) is 5.32 Å². The Hall–Kier alpha value is -2.91. The molecule has 3 aromatic rings. The topological polar surface area (TPSA) is 124 Å². The maximum atomic E-state index is 12.7. The van der Waals surface area contributed by atoms with Crippen LogP contribution in [0.1, 0.15) is 28.8 Å². The van der Waals surface area contributed by atoms with Gasteiger partial charge in [-0.15, -0.1) is 0 Å². The van der Waals surface area contributed by atoms with E-state index < -0.39 is 15.9 Å². The number of carbonyl (C=O) groups excluding carboxylic acids is 1. The highest BCUT2D eigenvalue weighted by Gasteiger charge is 2.28. The van der Waals surface area contributed by atoms with E-state index in [2.05, 4.69) is 20.0 Å². The maximum absolute atomic E-state index is 12.7. The van der Waals surface area contributed by atoms with Gasteiger partial charge >= 0.3 is 5.69 Å². The summed E-state index contributed by atoms with van der Waals surface area (Å²) in [6, 6.07) is 9.45. The Balaban J connectivity index is 1.61. The van der Waals surface area contributed by atoms with Gasteiger partial charge in [0, 0.05) is 17.3 Å². The van der Waals surface area contributed by atoms with Crippen LogP contribution in [-0.4, -0.2) is 30.3 Å². The third-order valence-corrected chi connectivity index (χ3v) is 5.96. The second-order valence-electron chi connectivity index (χ2n) is 6.67. The molecule has 0 spiro atoms. The number of hydrogen-bond donors (Lipinski definition) is 4. The molecule has 1 saturated carbocycles. The van der Waals surface area contributed by atoms with Crippen molar-refractivity contribution in [2.24, 2.45) is 0 Å². The highest BCUT2D eigenvalue weighted by atomic mass is 32.2. The number of aryl methyl sites for hydroxylation is 1. The van der Waals surface area contributed by atoms with Crippen molar-refractivity contribution in [3.05, 3.63) is 58.0 Å². The summed E-state index contributed by atoms with van der Waals surface area (Å²) in [7, 11) is -3.64. The van der Waals surface area contributed by atoms with Crippen LogP contribution in [0.5, 0.6) is 0 Å². The fourth-order valence-corrected chi connectivity index (χ4v) is 4.14. The minimum atomic E-state index is -3.64. The minimum absolute atomic E-state index is 0.0104. The lowest BCUT2D eigenvalue weighted by Crippen LogP contribution is -2.26. The fourth-order valence-electron chi connectivity index (χ4n) is 2.81. The maximum Gasteiger partial charge on any atom is 0.323 e. The summed E-state index contributed by atoms with van der Waals surface area (Å²) < 4.78 is 27.4. The van der Waals surface area contributed by atoms with Crippen molar-refractivity contribution < 1.29 is 13.2 Å². The third-order valence-electron chi connectivity index (χ3n) is 4.44. The van der Waals surface area contributed by atoms with Crippen molar-refractivity contribution in [3.63, 3.8) is 0 Å². The molecule has 1 fully saturated rings. The zero-order valence-corrected chi connectivity index (χ0v) is 15.3. The Morgan fingerprint density at radius 2 is 1.81 bits per heavy atom. The van der Waals surface area contributed by atoms with Crippen LogP contribution >= 0.6 is 0 Å². The molecule has 0 unspecified atom stereocenters. The molecule has 2 aromatic carbocycles. The molecule has 4 N–H and O–H groups in total. The number of anilines is 1. The molecule has 0 aliphatic heterocycles. The number of aromatic nitrogens is 2. The largest absolute Gasteiger partial charge is 0.323 e. The highest BCUT2D eigenvalue weighted by molar-refractivity contribution is 7.89. The Bertz CT molecular complexity index is 1210. The van der Waals surface area contributed by atoms with Crippen LogP contribution in [0.2, 0.25) is 0 Å². The Morgan fingerprint density at radius 1 is 1.07 bits per heavy atom. The molecule has 140 valence electrons. The average molecular weight is 386 g/mol. The quantitative estimate of drug-likeness (QED) is 0.534. The number of fused-ring (bicyclic) bond motifs is 1. The molecule has 1 heterocycles. The van der Waals surface area contributed by atoms with Crippen molar-refractivity contribution in [3.8, 4) is 0 Å². The number of hydrogen-bond acceptors (Lipinski definition) is 4. The van der Waals surface area contributed by atoms with Crippen LogP contribution < -0.4 is 15.7 Å². The van der Waals surface area contributed by atoms with E-state index in [1.807, 2.05) is 0 Å². The number of H-pyrrole nitrogens is 2. The second-order valence-corrected chi connectivity index (χ2v) is 8.38. The Morgan fingerprint density at radius 3 is 2.56 bits per heavy atom. The molecule has 1 aromatic heterocycles. The number of imidazole rings is 1. The Labute approximate surface area is 155 Å². The lowest BCUT2D eigenvalue weighted by Gasteiger charge is -2.11. The van der Waals surface area contributed by atoms with E-state index in [-0.39, 0.29) is 22.2 Å². The van der Waals surface area contributed by atoms with E-state index in [1.54, 1.807) is 31.2 Å². The van der Waals surface area contributed by atoms with Crippen LogP contribution in [0.4, 0.5) is 5.69 Å². The molecule has 27 heavy (non-hydrogen) atoms. The van der Waals surface area contributed by atoms with Gasteiger partial charge in [-0.25, -0.2) is 17.9 Å². The number of nitrogens with one attached hydrogen (secondary N) is 4. The molecular weight excluding hydrogens is 368 g/mol. The summed E-state index contributed by atoms with van der Waals surface area (Å²) in [4.78, 5) is 29.3. The molecule has 4 rings (SSSR count). The van der Waals surface area contributed by atoms with Gasteiger partial charge in [0.25, 0.3) is 5.91 Å². The third kappa shape index (κ3) is 3.64. The first-order chi connectivity index (χ1) is 12.8. The van der Waals surface area contributed by atoms with Crippen LogP contribution in [0.3, 0.4) is 0 Å². The second kappa shape index (κ2) is 6.36. The van der Waals surface area contributed by atoms with E-state index >= 15 is 0 Å². The first kappa shape index (κ1) is 17.5. The first-order valence-electron chi connectivity index (χ1n) is 8.48. The number of rotatable bonds is 5. The summed E-state index contributed by atoms with van der Waals surface area (Å²) in [5.74, 6) is -0.423. The van der Waals surface area contributed by atoms with Crippen molar-refractivity contribution in [1.29, 1.82) is 0 Å². The zero-order valence-electron chi connectivity index (χ0n) is 14.5. The molecule has 1 aliphatic carbocycles. The molecule has 9 heteroatoms. The number of sulfonamides is 1. The van der Waals surface area contributed by atoms with Gasteiger partial charge in [0.15, 0.2) is 0 Å². The van der Waals surface area contributed by atoms with Gasteiger partial charge in [0.1, 0.15) is 0 Å². The highest BCUT2D eigenvalue weighted by Crippen LogP contribution is 2.24. The molecule has 0 radical (unpaired) electrons. The normalized spacial score (nSPS) is 14.4. The predicted molar refractivity (Wildman–Crippen MR) is 101 cm³/mol. The Kier molecular flexibility index (Phi) is 4.12. The minimum Gasteiger partial charge on any atom is -0.322 e. The summed E-state index contributed by atoms with van der Waals surface area (Å²) in [5, 5.41) is 2.74. The molecule has 1 aliphatic rings. The van der Waals surface area contributed by atoms with E-state index in [0.29, 0.717) is 22.3 Å². The SMILES string of the molecule is Cc1ccc(S(=O)(=O)NC2CC2)cc1C(=O)Nc1ccc2[nH]c(=O)[nH]c2c1. The lowest BCUT2D eigenvalue weighted by molar-refractivity contribution is 0.102. The number of benzene rings is 2. The van der Waals surface area contributed by atoms with Gasteiger partial charge in [-0.1, -0.05) is 6.07 Å². The zero-order chi connectivity index (χ0) is 19.2. The number of aromatic amines is 2. The monoisotopic (exact) mass is 386 g/mol. The van der Waals surface area contributed by atoms with Gasteiger partial charge in [-0.05, 0) is 55.7 Å². The van der Waals surface area contributed by atoms with Crippen LogP contribution in [-0.2, 0) is 10.0 Å². The predicted octanol–water partition coefficient (Wildman–Crippen LogP) is 1.86. The van der Waals surface area contributed by atoms with E-state index in [9.17, 15) is 18.0 Å². The smallest absolute Gasteiger partial charge is 0.322 e. The molecule has 0 saturated heterocycles. The first-order valence-corrected chi connectivity index (χ1v) is 9.96. The van der Waals surface area contributed by atoms with Crippen molar-refractivity contribution in [2.45, 2.75) is 30.7 Å². The summed E-state index contributed by atoms with van der Waals surface area (Å²) >= 11 is 0. The molecule has 0 atom stereocenters. The average Bonchev–Trinajstić information content (AvgIpc) is 3.32. The van der Waals surface area contributed by atoms with E-state index in [1.165, 1.54) is 12.1 Å². The van der Waals surface area contributed by atoms with Crippen LogP contribution in [0.25, 0.3) is 11.0 Å². The number of amides is 1. The van der Waals surface area contributed by atoms with Crippen molar-refractivity contribution in [1.82, 2.24) is 14.7 Å². The lowest BCUT2D eigenvalue weighted by atomic mass is 10.1. The summed E-state index contributed by atoms with van der Waals surface area (Å²) in [6.45, 7) is 1.74. The van der Waals surface area contributed by atoms with Gasteiger partial charge < -0.3 is 15.3 Å². The summed E-state index contributed by atoms with van der Waals surface area (Å²) in [5.41, 5.74) is 2.30. The standard InChI is InChI=1S/C18H18N4O4S/c1-10-2-6-13(27(25,26)22-11-3-4-11)9-14(10)17(23)19-12-5-7-15-16(8-12)21-18(24)20-15/h2,5-9,11,22H,3-4H2,1H3,(H,19,23)(H2,20,21,24). The van der Waals surface area contributed by atoms with E-state index in [0.717, 1.165) is 12.8 Å². The van der Waals surface area contributed by atoms with Crippen molar-refractivity contribution >= 4 is 32.7 Å². The van der Waals surface area contributed by atoms with Gasteiger partial charge in [-0.3, -0.25) is 4.79 Å². The summed E-state index contributed by atoms with van der Waals surface area (Å²) in [6.07, 6.45) is 1.67. The molecule has 0 bridgehead atoms. The van der Waals surface area contributed by atoms with Gasteiger partial charge in [-0.2, -0.15) is 0 Å². The number of carbonyl (C=O) groups is 1. The van der Waals surface area contributed by atoms with Crippen LogP contribution in [0.15, 0.2) is 46.1 Å².